The maximum Gasteiger partial charge on any atom is 0.241 e. The molecule has 0 saturated carbocycles. The fourth-order valence-corrected chi connectivity index (χ4v) is 4.00. The van der Waals surface area contributed by atoms with Crippen molar-refractivity contribution in [2.24, 2.45) is 0 Å². The van der Waals surface area contributed by atoms with Crippen LogP contribution in [0.3, 0.4) is 0 Å². The molecular weight excluding hydrogens is 284 g/mol. The molecule has 1 atom stereocenters. The lowest BCUT2D eigenvalue weighted by Gasteiger charge is -2.27. The van der Waals surface area contributed by atoms with Gasteiger partial charge in [-0.3, -0.25) is 9.69 Å². The predicted molar refractivity (Wildman–Crippen MR) is 92.6 cm³/mol. The average Bonchev–Trinajstić information content (AvgIpc) is 3.19. The van der Waals surface area contributed by atoms with Crippen molar-refractivity contribution in [3.8, 4) is 0 Å². The van der Waals surface area contributed by atoms with Gasteiger partial charge in [0.15, 0.2) is 0 Å². The number of hydrogen-bond donors (Lipinski definition) is 0. The van der Waals surface area contributed by atoms with Crippen molar-refractivity contribution >= 4 is 11.6 Å². The highest BCUT2D eigenvalue weighted by Gasteiger charge is 2.29. The molecule has 0 N–H and O–H groups in total. The lowest BCUT2D eigenvalue weighted by Crippen LogP contribution is -2.39. The standard InChI is InChI=1S/C20H22N2O/c1-21(19-11-10-15-6-2-4-8-17(15)19)14-20(23)22-13-12-16-7-3-5-9-18(16)22/h2-9,19H,10-14H2,1H3. The molecule has 1 unspecified atom stereocenters. The quantitative estimate of drug-likeness (QED) is 0.869. The molecule has 0 saturated heterocycles. The average molecular weight is 306 g/mol. The summed E-state index contributed by atoms with van der Waals surface area (Å²) in [5.74, 6) is 0.210. The van der Waals surface area contributed by atoms with Crippen molar-refractivity contribution in [1.29, 1.82) is 0 Å². The number of rotatable bonds is 3. The Morgan fingerprint density at radius 2 is 1.83 bits per heavy atom. The van der Waals surface area contributed by atoms with Gasteiger partial charge in [-0.15, -0.1) is 0 Å². The van der Waals surface area contributed by atoms with E-state index in [9.17, 15) is 4.79 Å². The number of anilines is 1. The molecule has 1 heterocycles. The van der Waals surface area contributed by atoms with E-state index in [1.54, 1.807) is 0 Å². The number of para-hydroxylation sites is 1. The smallest absolute Gasteiger partial charge is 0.241 e. The Bertz CT molecular complexity index is 740. The second kappa shape index (κ2) is 5.82. The van der Waals surface area contributed by atoms with Gasteiger partial charge in [-0.25, -0.2) is 0 Å². The Kier molecular flexibility index (Phi) is 3.66. The minimum Gasteiger partial charge on any atom is -0.311 e. The van der Waals surface area contributed by atoms with Crippen LogP contribution in [0.5, 0.6) is 0 Å². The molecule has 2 aliphatic rings. The molecule has 118 valence electrons. The number of carbonyl (C=O) groups excluding carboxylic acids is 1. The molecule has 1 aliphatic carbocycles. The highest BCUT2D eigenvalue weighted by atomic mass is 16.2. The van der Waals surface area contributed by atoms with Crippen molar-refractivity contribution in [3.63, 3.8) is 0 Å². The van der Waals surface area contributed by atoms with Gasteiger partial charge in [-0.05, 0) is 49.1 Å². The maximum absolute atomic E-state index is 12.8. The fraction of sp³-hybridized carbons (Fsp3) is 0.350. The van der Waals surface area contributed by atoms with Crippen LogP contribution in [-0.2, 0) is 17.6 Å². The predicted octanol–water partition coefficient (Wildman–Crippen LogP) is 3.20. The first-order valence-electron chi connectivity index (χ1n) is 8.40. The van der Waals surface area contributed by atoms with Crippen LogP contribution in [0, 0.1) is 0 Å². The van der Waals surface area contributed by atoms with E-state index < -0.39 is 0 Å². The molecule has 0 bridgehead atoms. The zero-order chi connectivity index (χ0) is 15.8. The van der Waals surface area contributed by atoms with Gasteiger partial charge in [0.1, 0.15) is 0 Å². The molecule has 0 fully saturated rings. The summed E-state index contributed by atoms with van der Waals surface area (Å²) in [6, 6.07) is 17.2. The Labute approximate surface area is 137 Å². The van der Waals surface area contributed by atoms with Crippen LogP contribution >= 0.6 is 0 Å². The molecule has 0 aromatic heterocycles. The van der Waals surface area contributed by atoms with Crippen LogP contribution in [-0.4, -0.2) is 30.9 Å². The fourth-order valence-electron chi connectivity index (χ4n) is 4.00. The van der Waals surface area contributed by atoms with E-state index in [2.05, 4.69) is 48.3 Å². The minimum atomic E-state index is 0.210. The number of hydrogen-bond acceptors (Lipinski definition) is 2. The van der Waals surface area contributed by atoms with Crippen molar-refractivity contribution in [1.82, 2.24) is 4.90 Å². The van der Waals surface area contributed by atoms with Gasteiger partial charge in [-0.2, -0.15) is 0 Å². The third-order valence-electron chi connectivity index (χ3n) is 5.21. The zero-order valence-corrected chi connectivity index (χ0v) is 13.5. The number of likely N-dealkylation sites (N-methyl/N-ethyl adjacent to an activating group) is 1. The van der Waals surface area contributed by atoms with Crippen LogP contribution in [0.25, 0.3) is 0 Å². The molecule has 0 radical (unpaired) electrons. The normalized spacial score (nSPS) is 19.0. The van der Waals surface area contributed by atoms with E-state index in [4.69, 9.17) is 0 Å². The van der Waals surface area contributed by atoms with E-state index in [0.717, 1.165) is 31.5 Å². The Hall–Kier alpha value is -2.13. The minimum absolute atomic E-state index is 0.210. The largest absolute Gasteiger partial charge is 0.311 e. The molecule has 3 nitrogen and oxygen atoms in total. The molecule has 23 heavy (non-hydrogen) atoms. The lowest BCUT2D eigenvalue weighted by molar-refractivity contribution is -0.119. The van der Waals surface area contributed by atoms with Gasteiger partial charge in [0, 0.05) is 18.3 Å². The van der Waals surface area contributed by atoms with Crippen LogP contribution in [0.2, 0.25) is 0 Å². The van der Waals surface area contributed by atoms with E-state index in [-0.39, 0.29) is 5.91 Å². The Balaban J connectivity index is 1.48. The van der Waals surface area contributed by atoms with Crippen molar-refractivity contribution < 1.29 is 4.79 Å². The van der Waals surface area contributed by atoms with Gasteiger partial charge in [0.05, 0.1) is 6.54 Å². The highest BCUT2D eigenvalue weighted by Crippen LogP contribution is 2.35. The van der Waals surface area contributed by atoms with Crippen molar-refractivity contribution in [3.05, 3.63) is 65.2 Å². The lowest BCUT2D eigenvalue weighted by atomic mass is 10.1. The molecule has 0 spiro atoms. The van der Waals surface area contributed by atoms with Gasteiger partial charge in [0.2, 0.25) is 5.91 Å². The molecule has 1 amide bonds. The maximum atomic E-state index is 12.8. The summed E-state index contributed by atoms with van der Waals surface area (Å²) >= 11 is 0. The summed E-state index contributed by atoms with van der Waals surface area (Å²) in [6.07, 6.45) is 3.20. The summed E-state index contributed by atoms with van der Waals surface area (Å²) < 4.78 is 0. The Morgan fingerprint density at radius 1 is 1.09 bits per heavy atom. The van der Waals surface area contributed by atoms with Crippen LogP contribution in [0.15, 0.2) is 48.5 Å². The number of fused-ring (bicyclic) bond motifs is 2. The molecule has 2 aromatic carbocycles. The first-order chi connectivity index (χ1) is 11.2. The van der Waals surface area contributed by atoms with Crippen LogP contribution in [0.4, 0.5) is 5.69 Å². The van der Waals surface area contributed by atoms with E-state index in [1.165, 1.54) is 16.7 Å². The van der Waals surface area contributed by atoms with Gasteiger partial charge in [0.25, 0.3) is 0 Å². The third kappa shape index (κ3) is 2.55. The summed E-state index contributed by atoms with van der Waals surface area (Å²) in [5, 5.41) is 0. The summed E-state index contributed by atoms with van der Waals surface area (Å²) in [4.78, 5) is 16.9. The van der Waals surface area contributed by atoms with Crippen molar-refractivity contribution in [2.45, 2.75) is 25.3 Å². The number of benzene rings is 2. The molecule has 1 aliphatic heterocycles. The monoisotopic (exact) mass is 306 g/mol. The first kappa shape index (κ1) is 14.5. The van der Waals surface area contributed by atoms with Crippen LogP contribution in [0.1, 0.15) is 29.2 Å². The van der Waals surface area contributed by atoms with E-state index in [0.29, 0.717) is 12.6 Å². The number of amides is 1. The van der Waals surface area contributed by atoms with E-state index >= 15 is 0 Å². The molecule has 2 aromatic rings. The first-order valence-corrected chi connectivity index (χ1v) is 8.40. The molecular formula is C20H22N2O. The van der Waals surface area contributed by atoms with Gasteiger partial charge < -0.3 is 4.90 Å². The SMILES string of the molecule is CN(CC(=O)N1CCc2ccccc21)C1CCc2ccccc21. The summed E-state index contributed by atoms with van der Waals surface area (Å²) in [6.45, 7) is 1.29. The number of carbonyl (C=O) groups is 1. The van der Waals surface area contributed by atoms with Gasteiger partial charge in [-0.1, -0.05) is 42.5 Å². The molecule has 3 heteroatoms. The van der Waals surface area contributed by atoms with Crippen molar-refractivity contribution in [2.75, 3.05) is 25.0 Å². The number of nitrogens with zero attached hydrogens (tertiary/aromatic N) is 2. The highest BCUT2D eigenvalue weighted by molar-refractivity contribution is 5.96. The van der Waals surface area contributed by atoms with Crippen LogP contribution < -0.4 is 4.90 Å². The summed E-state index contributed by atoms with van der Waals surface area (Å²) in [7, 11) is 2.08. The van der Waals surface area contributed by atoms with E-state index in [1.807, 2.05) is 17.0 Å². The zero-order valence-electron chi connectivity index (χ0n) is 13.5. The topological polar surface area (TPSA) is 23.6 Å². The number of aryl methyl sites for hydroxylation is 1. The third-order valence-corrected chi connectivity index (χ3v) is 5.21. The summed E-state index contributed by atoms with van der Waals surface area (Å²) in [5.41, 5.74) is 5.21. The van der Waals surface area contributed by atoms with Gasteiger partial charge >= 0.3 is 0 Å². The second-order valence-electron chi connectivity index (χ2n) is 6.59. The second-order valence-corrected chi connectivity index (χ2v) is 6.59. The molecule has 4 rings (SSSR count). The Morgan fingerprint density at radius 3 is 2.70 bits per heavy atom.